The average molecular weight is 351 g/mol. The molecular weight excluding hydrogens is 330 g/mol. The van der Waals surface area contributed by atoms with Gasteiger partial charge in [0.1, 0.15) is 11.9 Å². The molecule has 2 heterocycles. The Balaban J connectivity index is 1.79. The lowest BCUT2D eigenvalue weighted by molar-refractivity contribution is 0.0932. The molecule has 3 aromatic rings. The lowest BCUT2D eigenvalue weighted by atomic mass is 10.0. The van der Waals surface area contributed by atoms with Crippen molar-refractivity contribution >= 4 is 11.7 Å². The molecular formula is C19H21N5O2. The molecule has 0 fully saturated rings. The van der Waals surface area contributed by atoms with E-state index in [-0.39, 0.29) is 11.9 Å². The number of nitrogens with two attached hydrogens (primary N) is 1. The first-order valence-electron chi connectivity index (χ1n) is 8.44. The lowest BCUT2D eigenvalue weighted by Crippen LogP contribution is -2.26. The van der Waals surface area contributed by atoms with Crippen LogP contribution in [0, 0.1) is 6.92 Å². The van der Waals surface area contributed by atoms with Crippen molar-refractivity contribution in [3.8, 4) is 11.1 Å². The molecule has 134 valence electrons. The molecule has 0 aliphatic heterocycles. The van der Waals surface area contributed by atoms with Gasteiger partial charge in [0.15, 0.2) is 5.82 Å². The summed E-state index contributed by atoms with van der Waals surface area (Å²) in [7, 11) is 0. The van der Waals surface area contributed by atoms with Gasteiger partial charge in [-0.25, -0.2) is 4.98 Å². The molecule has 1 unspecified atom stereocenters. The van der Waals surface area contributed by atoms with Crippen LogP contribution >= 0.6 is 0 Å². The maximum absolute atomic E-state index is 12.6. The zero-order valence-electron chi connectivity index (χ0n) is 15.0. The Morgan fingerprint density at radius 3 is 2.77 bits per heavy atom. The van der Waals surface area contributed by atoms with Crippen LogP contribution in [0.25, 0.3) is 11.1 Å². The van der Waals surface area contributed by atoms with Gasteiger partial charge >= 0.3 is 0 Å². The summed E-state index contributed by atoms with van der Waals surface area (Å²) < 4.78 is 5.17. The lowest BCUT2D eigenvalue weighted by Gasteiger charge is -2.11. The number of benzene rings is 1. The average Bonchev–Trinajstić information content (AvgIpc) is 3.11. The number of amides is 1. The van der Waals surface area contributed by atoms with Crippen molar-refractivity contribution < 1.29 is 9.32 Å². The highest BCUT2D eigenvalue weighted by Gasteiger charge is 2.17. The van der Waals surface area contributed by atoms with E-state index >= 15 is 0 Å². The first-order chi connectivity index (χ1) is 12.5. The Labute approximate surface area is 151 Å². The Kier molecular flexibility index (Phi) is 4.97. The fraction of sp³-hybridized carbons (Fsp3) is 0.263. The van der Waals surface area contributed by atoms with Gasteiger partial charge in [0.25, 0.3) is 5.91 Å². The Bertz CT molecular complexity index is 935. The van der Waals surface area contributed by atoms with Crippen molar-refractivity contribution in [2.24, 2.45) is 0 Å². The topological polar surface area (TPSA) is 107 Å². The second-order valence-corrected chi connectivity index (χ2v) is 6.06. The molecule has 3 rings (SSSR count). The normalized spacial score (nSPS) is 12.0. The predicted molar refractivity (Wildman–Crippen MR) is 98.4 cm³/mol. The van der Waals surface area contributed by atoms with Gasteiger partial charge < -0.3 is 15.6 Å². The van der Waals surface area contributed by atoms with Gasteiger partial charge in [0, 0.05) is 23.2 Å². The number of aromatic nitrogens is 3. The minimum atomic E-state index is -0.384. The minimum absolute atomic E-state index is 0.228. The van der Waals surface area contributed by atoms with Crippen LogP contribution in [0.2, 0.25) is 0 Å². The van der Waals surface area contributed by atoms with Crippen LogP contribution in [-0.4, -0.2) is 21.0 Å². The van der Waals surface area contributed by atoms with Gasteiger partial charge in [-0.3, -0.25) is 4.79 Å². The number of nitrogen functional groups attached to an aromatic ring is 1. The molecule has 0 saturated carbocycles. The van der Waals surface area contributed by atoms with Gasteiger partial charge in [0.05, 0.1) is 0 Å². The van der Waals surface area contributed by atoms with Gasteiger partial charge in [-0.1, -0.05) is 24.2 Å². The summed E-state index contributed by atoms with van der Waals surface area (Å²) in [5, 5.41) is 6.72. The number of rotatable bonds is 5. The zero-order valence-corrected chi connectivity index (χ0v) is 15.0. The minimum Gasteiger partial charge on any atom is -0.383 e. The van der Waals surface area contributed by atoms with Crippen molar-refractivity contribution in [2.45, 2.75) is 33.2 Å². The predicted octanol–water partition coefficient (Wildman–Crippen LogP) is 3.08. The Hall–Kier alpha value is -3.22. The second-order valence-electron chi connectivity index (χ2n) is 6.06. The molecule has 1 amide bonds. The molecule has 0 aliphatic rings. The van der Waals surface area contributed by atoms with E-state index in [0.29, 0.717) is 29.5 Å². The van der Waals surface area contributed by atoms with Gasteiger partial charge in [-0.05, 0) is 43.7 Å². The standard InChI is InChI=1S/C19H21N5O2/c1-4-16-23-19(26-24-16)12(3)22-18(25)14-7-5-6-13(10-14)15-9-8-11(2)21-17(15)20/h5-10,12H,4H2,1-3H3,(H2,20,21)(H,22,25). The molecule has 7 nitrogen and oxygen atoms in total. The third-order valence-corrected chi connectivity index (χ3v) is 4.02. The van der Waals surface area contributed by atoms with E-state index in [1.54, 1.807) is 19.1 Å². The van der Waals surface area contributed by atoms with E-state index < -0.39 is 0 Å². The first-order valence-corrected chi connectivity index (χ1v) is 8.44. The molecule has 0 spiro atoms. The Morgan fingerprint density at radius 2 is 2.08 bits per heavy atom. The fourth-order valence-corrected chi connectivity index (χ4v) is 2.58. The monoisotopic (exact) mass is 351 g/mol. The van der Waals surface area contributed by atoms with Gasteiger partial charge in [-0.15, -0.1) is 0 Å². The third kappa shape index (κ3) is 3.72. The molecule has 1 aromatic carbocycles. The number of carbonyl (C=O) groups excluding carboxylic acids is 1. The highest BCUT2D eigenvalue weighted by Crippen LogP contribution is 2.25. The van der Waals surface area contributed by atoms with E-state index in [9.17, 15) is 4.79 Å². The van der Waals surface area contributed by atoms with E-state index in [1.165, 1.54) is 0 Å². The first kappa shape index (κ1) is 17.6. The fourth-order valence-electron chi connectivity index (χ4n) is 2.58. The number of hydrogen-bond acceptors (Lipinski definition) is 6. The summed E-state index contributed by atoms with van der Waals surface area (Å²) in [5.74, 6) is 1.21. The summed E-state index contributed by atoms with van der Waals surface area (Å²) in [6.45, 7) is 5.62. The van der Waals surface area contributed by atoms with E-state index in [1.807, 2.05) is 38.1 Å². The van der Waals surface area contributed by atoms with Crippen LogP contribution in [0.1, 0.15) is 47.7 Å². The second kappa shape index (κ2) is 7.35. The van der Waals surface area contributed by atoms with E-state index in [0.717, 1.165) is 16.8 Å². The number of pyridine rings is 1. The largest absolute Gasteiger partial charge is 0.383 e. The molecule has 0 bridgehead atoms. The van der Waals surface area contributed by atoms with Crippen molar-refractivity contribution in [3.63, 3.8) is 0 Å². The molecule has 0 saturated heterocycles. The Morgan fingerprint density at radius 1 is 1.27 bits per heavy atom. The van der Waals surface area contributed by atoms with Crippen LogP contribution in [0.4, 0.5) is 5.82 Å². The van der Waals surface area contributed by atoms with Crippen LogP contribution in [-0.2, 0) is 6.42 Å². The van der Waals surface area contributed by atoms with Crippen molar-refractivity contribution in [3.05, 3.63) is 59.4 Å². The van der Waals surface area contributed by atoms with E-state index in [4.69, 9.17) is 10.3 Å². The summed E-state index contributed by atoms with van der Waals surface area (Å²) in [6.07, 6.45) is 0.679. The molecule has 0 aliphatic carbocycles. The number of carbonyl (C=O) groups is 1. The van der Waals surface area contributed by atoms with Crippen LogP contribution in [0.3, 0.4) is 0 Å². The molecule has 3 N–H and O–H groups in total. The van der Waals surface area contributed by atoms with Crippen molar-refractivity contribution in [1.29, 1.82) is 0 Å². The number of anilines is 1. The molecule has 26 heavy (non-hydrogen) atoms. The number of aryl methyl sites for hydroxylation is 2. The summed E-state index contributed by atoms with van der Waals surface area (Å²) >= 11 is 0. The summed E-state index contributed by atoms with van der Waals surface area (Å²) in [4.78, 5) is 21.1. The van der Waals surface area contributed by atoms with E-state index in [2.05, 4.69) is 20.4 Å². The smallest absolute Gasteiger partial charge is 0.251 e. The third-order valence-electron chi connectivity index (χ3n) is 4.02. The maximum atomic E-state index is 12.6. The molecule has 0 radical (unpaired) electrons. The SMILES string of the molecule is CCc1noc(C(C)NC(=O)c2cccc(-c3ccc(C)nc3N)c2)n1. The summed E-state index contributed by atoms with van der Waals surface area (Å²) in [6, 6.07) is 10.7. The van der Waals surface area contributed by atoms with Gasteiger partial charge in [0.2, 0.25) is 5.89 Å². The van der Waals surface area contributed by atoms with Gasteiger partial charge in [-0.2, -0.15) is 4.98 Å². The maximum Gasteiger partial charge on any atom is 0.251 e. The number of hydrogen-bond donors (Lipinski definition) is 2. The molecule has 1 atom stereocenters. The number of nitrogens with zero attached hydrogens (tertiary/aromatic N) is 3. The highest BCUT2D eigenvalue weighted by molar-refractivity contribution is 5.96. The van der Waals surface area contributed by atoms with Crippen molar-refractivity contribution in [2.75, 3.05) is 5.73 Å². The highest BCUT2D eigenvalue weighted by atomic mass is 16.5. The zero-order chi connectivity index (χ0) is 18.7. The summed E-state index contributed by atoms with van der Waals surface area (Å²) in [5.41, 5.74) is 9.01. The number of nitrogens with one attached hydrogen (secondary N) is 1. The molecule has 7 heteroatoms. The quantitative estimate of drug-likeness (QED) is 0.731. The van der Waals surface area contributed by atoms with Crippen LogP contribution in [0.5, 0.6) is 0 Å². The van der Waals surface area contributed by atoms with Crippen LogP contribution < -0.4 is 11.1 Å². The van der Waals surface area contributed by atoms with Crippen LogP contribution in [0.15, 0.2) is 40.9 Å². The van der Waals surface area contributed by atoms with Crippen molar-refractivity contribution in [1.82, 2.24) is 20.4 Å². The molecule has 2 aromatic heterocycles.